The average molecular weight is 377 g/mol. The summed E-state index contributed by atoms with van der Waals surface area (Å²) in [6.45, 7) is 6.73. The summed E-state index contributed by atoms with van der Waals surface area (Å²) >= 11 is 0. The molecule has 1 heterocycles. The molecule has 1 rings (SSSR count). The molecule has 1 aliphatic rings. The Bertz CT molecular complexity index is 351. The molecular weight excluding hydrogens is 336 g/mol. The van der Waals surface area contributed by atoms with Crippen LogP contribution in [0.1, 0.15) is 72.1 Å². The highest BCUT2D eigenvalue weighted by molar-refractivity contribution is 4.88. The summed E-state index contributed by atoms with van der Waals surface area (Å²) in [6, 6.07) is 0. The molecule has 1 aliphatic heterocycles. The van der Waals surface area contributed by atoms with Crippen molar-refractivity contribution in [2.45, 2.75) is 103 Å². The van der Waals surface area contributed by atoms with E-state index in [0.717, 1.165) is 25.2 Å². The summed E-state index contributed by atoms with van der Waals surface area (Å²) in [4.78, 5) is 0. The lowest BCUT2D eigenvalue weighted by atomic mass is 9.91. The second-order valence-corrected chi connectivity index (χ2v) is 7.84. The highest BCUT2D eigenvalue weighted by atomic mass is 16.7. The van der Waals surface area contributed by atoms with Crippen molar-refractivity contribution in [3.05, 3.63) is 0 Å². The molecule has 0 amide bonds. The van der Waals surface area contributed by atoms with Crippen LogP contribution >= 0.6 is 0 Å². The molecule has 156 valence electrons. The molecule has 4 N–H and O–H groups in total. The van der Waals surface area contributed by atoms with E-state index in [4.69, 9.17) is 9.47 Å². The van der Waals surface area contributed by atoms with Crippen molar-refractivity contribution >= 4 is 0 Å². The fourth-order valence-electron chi connectivity index (χ4n) is 3.79. The number of hydrogen-bond donors (Lipinski definition) is 4. The van der Waals surface area contributed by atoms with Gasteiger partial charge in [0.25, 0.3) is 0 Å². The van der Waals surface area contributed by atoms with E-state index < -0.39 is 37.3 Å². The summed E-state index contributed by atoms with van der Waals surface area (Å²) in [5, 5.41) is 38.8. The predicted molar refractivity (Wildman–Crippen MR) is 101 cm³/mol. The zero-order chi connectivity index (χ0) is 19.5. The maximum Gasteiger partial charge on any atom is 0.186 e. The topological polar surface area (TPSA) is 99.4 Å². The molecule has 0 saturated carbocycles. The zero-order valence-electron chi connectivity index (χ0n) is 16.7. The van der Waals surface area contributed by atoms with Crippen molar-refractivity contribution in [3.63, 3.8) is 0 Å². The quantitative estimate of drug-likeness (QED) is 0.393. The molecule has 0 radical (unpaired) electrons. The second-order valence-electron chi connectivity index (χ2n) is 7.84. The standard InChI is InChI=1S/C20H40O6/c1-4-7-14(3)9-6-10-15(8-5-2)11-12-25-20-19(24)18(23)17(22)16(13-21)26-20/h14-24H,4-13H2,1-3H3/t14?,15?,16-,17-,18+,19-,20-/m1/s1. The number of aliphatic hydroxyl groups is 4. The van der Waals surface area contributed by atoms with Gasteiger partial charge < -0.3 is 29.9 Å². The highest BCUT2D eigenvalue weighted by Crippen LogP contribution is 2.25. The van der Waals surface area contributed by atoms with Gasteiger partial charge in [-0.05, 0) is 18.3 Å². The van der Waals surface area contributed by atoms with Gasteiger partial charge in [-0.25, -0.2) is 0 Å². The summed E-state index contributed by atoms with van der Waals surface area (Å²) in [6.07, 6.45) is 3.42. The van der Waals surface area contributed by atoms with E-state index >= 15 is 0 Å². The van der Waals surface area contributed by atoms with E-state index in [2.05, 4.69) is 20.8 Å². The van der Waals surface area contributed by atoms with Crippen molar-refractivity contribution in [1.82, 2.24) is 0 Å². The van der Waals surface area contributed by atoms with Gasteiger partial charge in [-0.15, -0.1) is 0 Å². The van der Waals surface area contributed by atoms with Crippen LogP contribution in [0.3, 0.4) is 0 Å². The molecule has 26 heavy (non-hydrogen) atoms. The van der Waals surface area contributed by atoms with E-state index in [1.807, 2.05) is 0 Å². The Balaban J connectivity index is 2.36. The highest BCUT2D eigenvalue weighted by Gasteiger charge is 2.43. The van der Waals surface area contributed by atoms with E-state index in [9.17, 15) is 20.4 Å². The molecule has 0 aromatic rings. The first-order valence-electron chi connectivity index (χ1n) is 10.4. The van der Waals surface area contributed by atoms with Crippen LogP contribution in [0.25, 0.3) is 0 Å². The van der Waals surface area contributed by atoms with Crippen LogP contribution in [0.15, 0.2) is 0 Å². The van der Waals surface area contributed by atoms with Gasteiger partial charge in [-0.3, -0.25) is 0 Å². The first-order chi connectivity index (χ1) is 12.4. The lowest BCUT2D eigenvalue weighted by Gasteiger charge is -2.39. The van der Waals surface area contributed by atoms with Crippen LogP contribution in [-0.4, -0.2) is 64.3 Å². The van der Waals surface area contributed by atoms with Crippen molar-refractivity contribution < 1.29 is 29.9 Å². The molecular formula is C20H40O6. The van der Waals surface area contributed by atoms with Gasteiger partial charge >= 0.3 is 0 Å². The van der Waals surface area contributed by atoms with Crippen molar-refractivity contribution in [2.24, 2.45) is 11.8 Å². The van der Waals surface area contributed by atoms with Gasteiger partial charge in [-0.1, -0.05) is 65.7 Å². The van der Waals surface area contributed by atoms with Gasteiger partial charge in [0.05, 0.1) is 13.2 Å². The Morgan fingerprint density at radius 1 is 0.885 bits per heavy atom. The maximum absolute atomic E-state index is 10.0. The molecule has 6 heteroatoms. The summed E-state index contributed by atoms with van der Waals surface area (Å²) in [7, 11) is 0. The molecule has 2 unspecified atom stereocenters. The normalized spacial score (nSPS) is 31.7. The Morgan fingerprint density at radius 3 is 2.19 bits per heavy atom. The first kappa shape index (κ1) is 23.8. The summed E-state index contributed by atoms with van der Waals surface area (Å²) in [5.74, 6) is 1.37. The Morgan fingerprint density at radius 2 is 1.58 bits per heavy atom. The fraction of sp³-hybridized carbons (Fsp3) is 1.00. The zero-order valence-corrected chi connectivity index (χ0v) is 16.7. The third kappa shape index (κ3) is 7.79. The molecule has 0 aliphatic carbocycles. The minimum absolute atomic E-state index is 0.428. The molecule has 1 fully saturated rings. The third-order valence-electron chi connectivity index (χ3n) is 5.44. The lowest BCUT2D eigenvalue weighted by Crippen LogP contribution is -2.59. The minimum atomic E-state index is -1.38. The number of hydrogen-bond acceptors (Lipinski definition) is 6. The van der Waals surface area contributed by atoms with Crippen molar-refractivity contribution in [1.29, 1.82) is 0 Å². The Kier molecular flexibility index (Phi) is 11.9. The second kappa shape index (κ2) is 13.0. The van der Waals surface area contributed by atoms with Crippen molar-refractivity contribution in [2.75, 3.05) is 13.2 Å². The molecule has 0 aromatic carbocycles. The van der Waals surface area contributed by atoms with Gasteiger partial charge in [0.15, 0.2) is 6.29 Å². The summed E-state index contributed by atoms with van der Waals surface area (Å²) < 4.78 is 11.0. The van der Waals surface area contributed by atoms with E-state index in [0.29, 0.717) is 12.5 Å². The number of aliphatic hydroxyl groups excluding tert-OH is 4. The van der Waals surface area contributed by atoms with Gasteiger partial charge in [0.2, 0.25) is 0 Å². The third-order valence-corrected chi connectivity index (χ3v) is 5.44. The number of rotatable bonds is 13. The van der Waals surface area contributed by atoms with Crippen LogP contribution < -0.4 is 0 Å². The van der Waals surface area contributed by atoms with Crippen LogP contribution in [0.2, 0.25) is 0 Å². The molecule has 6 nitrogen and oxygen atoms in total. The maximum atomic E-state index is 10.0. The minimum Gasteiger partial charge on any atom is -0.394 e. The smallest absolute Gasteiger partial charge is 0.186 e. The van der Waals surface area contributed by atoms with Gasteiger partial charge in [0, 0.05) is 0 Å². The molecule has 0 spiro atoms. The lowest BCUT2D eigenvalue weighted by molar-refractivity contribution is -0.301. The van der Waals surface area contributed by atoms with Crippen molar-refractivity contribution in [3.8, 4) is 0 Å². The van der Waals surface area contributed by atoms with Gasteiger partial charge in [0.1, 0.15) is 24.4 Å². The van der Waals surface area contributed by atoms with Gasteiger partial charge in [-0.2, -0.15) is 0 Å². The molecule has 1 saturated heterocycles. The molecule has 7 atom stereocenters. The largest absolute Gasteiger partial charge is 0.394 e. The Hall–Kier alpha value is -0.240. The fourth-order valence-corrected chi connectivity index (χ4v) is 3.79. The van der Waals surface area contributed by atoms with E-state index in [1.165, 1.54) is 32.1 Å². The van der Waals surface area contributed by atoms with Crippen LogP contribution in [0, 0.1) is 11.8 Å². The van der Waals surface area contributed by atoms with Crippen LogP contribution in [0.5, 0.6) is 0 Å². The first-order valence-corrected chi connectivity index (χ1v) is 10.4. The monoisotopic (exact) mass is 376 g/mol. The molecule has 0 bridgehead atoms. The number of ether oxygens (including phenoxy) is 2. The van der Waals surface area contributed by atoms with E-state index in [-0.39, 0.29) is 0 Å². The predicted octanol–water partition coefficient (Wildman–Crippen LogP) is 2.22. The Labute approximate surface area is 158 Å². The molecule has 0 aromatic heterocycles. The van der Waals surface area contributed by atoms with E-state index in [1.54, 1.807) is 0 Å². The van der Waals surface area contributed by atoms with Crippen LogP contribution in [0.4, 0.5) is 0 Å². The summed E-state index contributed by atoms with van der Waals surface area (Å²) in [5.41, 5.74) is 0. The SMILES string of the molecule is CCCC(C)CCCC(CCC)CCO[C@@H]1O[C@H](CO)[C@@H](O)[C@H](O)[C@H]1O. The van der Waals surface area contributed by atoms with Crippen LogP contribution in [-0.2, 0) is 9.47 Å². The average Bonchev–Trinajstić information content (AvgIpc) is 2.62.